The first-order chi connectivity index (χ1) is 15.9. The van der Waals surface area contributed by atoms with Crippen LogP contribution in [0.4, 0.5) is 5.69 Å². The van der Waals surface area contributed by atoms with E-state index < -0.39 is 10.0 Å². The number of rotatable bonds is 8. The number of nitrogens with one attached hydrogen (secondary N) is 1. The van der Waals surface area contributed by atoms with Crippen LogP contribution in [0, 0.1) is 0 Å². The Hall–Kier alpha value is -2.68. The Balaban J connectivity index is 1.36. The Bertz CT molecular complexity index is 1220. The Kier molecular flexibility index (Phi) is 7.17. The van der Waals surface area contributed by atoms with E-state index in [0.29, 0.717) is 26.1 Å². The predicted octanol–water partition coefficient (Wildman–Crippen LogP) is 3.92. The quantitative estimate of drug-likeness (QED) is 0.493. The molecule has 0 atom stereocenters. The van der Waals surface area contributed by atoms with Crippen LogP contribution in [-0.2, 0) is 29.4 Å². The summed E-state index contributed by atoms with van der Waals surface area (Å²) >= 11 is 1.17. The van der Waals surface area contributed by atoms with Crippen molar-refractivity contribution in [2.24, 2.45) is 0 Å². The number of aryl methyl sites for hydroxylation is 1. The number of anilines is 1. The molecule has 174 valence electrons. The highest BCUT2D eigenvalue weighted by Gasteiger charge is 2.32. The fourth-order valence-corrected chi connectivity index (χ4v) is 6.75. The third-order valence-corrected chi connectivity index (χ3v) is 8.86. The first-order valence-corrected chi connectivity index (χ1v) is 13.4. The van der Waals surface area contributed by atoms with Crippen molar-refractivity contribution in [2.45, 2.75) is 30.7 Å². The molecule has 8 heteroatoms. The molecule has 1 amide bonds. The van der Waals surface area contributed by atoms with Gasteiger partial charge in [-0.25, -0.2) is 8.42 Å². The van der Waals surface area contributed by atoms with Gasteiger partial charge in [0.1, 0.15) is 9.77 Å². The minimum absolute atomic E-state index is 0.101. The van der Waals surface area contributed by atoms with Crippen molar-refractivity contribution in [1.29, 1.82) is 0 Å². The van der Waals surface area contributed by atoms with Crippen LogP contribution in [0.5, 0.6) is 0 Å². The number of thiophene rings is 1. The van der Waals surface area contributed by atoms with Crippen LogP contribution >= 0.6 is 11.3 Å². The molecule has 3 aromatic rings. The van der Waals surface area contributed by atoms with Gasteiger partial charge in [0.2, 0.25) is 10.0 Å². The summed E-state index contributed by atoms with van der Waals surface area (Å²) < 4.78 is 28.1. The Morgan fingerprint density at radius 2 is 1.79 bits per heavy atom. The van der Waals surface area contributed by atoms with Crippen molar-refractivity contribution >= 4 is 33.0 Å². The second kappa shape index (κ2) is 10.1. The van der Waals surface area contributed by atoms with Crippen LogP contribution < -0.4 is 10.2 Å². The lowest BCUT2D eigenvalue weighted by molar-refractivity contribution is 0.0954. The number of carbonyl (C=O) groups excluding carboxylic acids is 1. The van der Waals surface area contributed by atoms with E-state index in [2.05, 4.69) is 34.5 Å². The van der Waals surface area contributed by atoms with E-state index in [-0.39, 0.29) is 15.7 Å². The van der Waals surface area contributed by atoms with Gasteiger partial charge in [-0.2, -0.15) is 4.31 Å². The summed E-state index contributed by atoms with van der Waals surface area (Å²) in [6.07, 6.45) is 2.30. The van der Waals surface area contributed by atoms with Gasteiger partial charge in [-0.1, -0.05) is 36.4 Å². The van der Waals surface area contributed by atoms with Crippen molar-refractivity contribution in [2.75, 3.05) is 32.1 Å². The van der Waals surface area contributed by atoms with E-state index in [9.17, 15) is 13.2 Å². The van der Waals surface area contributed by atoms with E-state index in [4.69, 9.17) is 0 Å². The largest absolute Gasteiger partial charge is 0.378 e. The van der Waals surface area contributed by atoms with Crippen LogP contribution in [0.25, 0.3) is 0 Å². The third-order valence-electron chi connectivity index (χ3n) is 5.93. The number of carbonyl (C=O) groups is 1. The summed E-state index contributed by atoms with van der Waals surface area (Å²) in [5.74, 6) is -0.330. The second-order valence-corrected chi connectivity index (χ2v) is 11.2. The SMILES string of the molecule is CN(C)c1ccc(CCCNC(=O)c2sccc2S(=O)(=O)N2CCc3ccccc3C2)cc1. The fourth-order valence-electron chi connectivity index (χ4n) is 4.02. The summed E-state index contributed by atoms with van der Waals surface area (Å²) in [5, 5.41) is 4.57. The number of amides is 1. The third kappa shape index (κ3) is 5.29. The van der Waals surface area contributed by atoms with Gasteiger partial charge in [0, 0.05) is 39.4 Å². The summed E-state index contributed by atoms with van der Waals surface area (Å²) in [4.78, 5) is 15.2. The minimum atomic E-state index is -3.74. The highest BCUT2D eigenvalue weighted by molar-refractivity contribution is 7.89. The molecule has 0 radical (unpaired) electrons. The fraction of sp³-hybridized carbons (Fsp3) is 0.320. The zero-order valence-electron chi connectivity index (χ0n) is 19.0. The summed E-state index contributed by atoms with van der Waals surface area (Å²) in [7, 11) is 0.272. The van der Waals surface area contributed by atoms with Gasteiger partial charge in [-0.05, 0) is 59.5 Å². The van der Waals surface area contributed by atoms with Gasteiger partial charge in [0.15, 0.2) is 0 Å². The van der Waals surface area contributed by atoms with Gasteiger partial charge < -0.3 is 10.2 Å². The smallest absolute Gasteiger partial charge is 0.262 e. The van der Waals surface area contributed by atoms with Gasteiger partial charge in [0.05, 0.1) is 0 Å². The second-order valence-electron chi connectivity index (χ2n) is 8.39. The lowest BCUT2D eigenvalue weighted by Crippen LogP contribution is -2.36. The first-order valence-electron chi connectivity index (χ1n) is 11.0. The normalized spacial score (nSPS) is 14.0. The van der Waals surface area contributed by atoms with Crippen LogP contribution in [0.1, 0.15) is 32.8 Å². The summed E-state index contributed by atoms with van der Waals surface area (Å²) in [6.45, 7) is 1.24. The predicted molar refractivity (Wildman–Crippen MR) is 133 cm³/mol. The van der Waals surface area contributed by atoms with Gasteiger partial charge in [-0.3, -0.25) is 4.79 Å². The maximum atomic E-state index is 13.3. The molecule has 0 bridgehead atoms. The number of nitrogens with zero attached hydrogens (tertiary/aromatic N) is 2. The van der Waals surface area contributed by atoms with E-state index in [1.54, 1.807) is 11.4 Å². The summed E-state index contributed by atoms with van der Waals surface area (Å²) in [6, 6.07) is 17.8. The number of benzene rings is 2. The lowest BCUT2D eigenvalue weighted by Gasteiger charge is -2.28. The topological polar surface area (TPSA) is 69.7 Å². The molecule has 0 saturated heterocycles. The molecule has 2 aromatic carbocycles. The molecule has 2 heterocycles. The average Bonchev–Trinajstić information content (AvgIpc) is 3.33. The standard InChI is InChI=1S/C25H29N3O3S2/c1-27(2)22-11-9-19(10-12-22)6-5-15-26-25(29)24-23(14-17-32-24)33(30,31)28-16-13-20-7-3-4-8-21(20)18-28/h3-4,7-12,14,17H,5-6,13,15-16,18H2,1-2H3,(H,26,29). The monoisotopic (exact) mass is 483 g/mol. The molecule has 1 N–H and O–H groups in total. The average molecular weight is 484 g/mol. The molecule has 6 nitrogen and oxygen atoms in total. The van der Waals surface area contributed by atoms with Gasteiger partial charge in [0.25, 0.3) is 5.91 Å². The zero-order chi connectivity index (χ0) is 23.4. The molecule has 33 heavy (non-hydrogen) atoms. The number of fused-ring (bicyclic) bond motifs is 1. The van der Waals surface area contributed by atoms with Gasteiger partial charge >= 0.3 is 0 Å². The molecule has 0 fully saturated rings. The molecular formula is C25H29N3O3S2. The van der Waals surface area contributed by atoms with Crippen molar-refractivity contribution in [3.63, 3.8) is 0 Å². The van der Waals surface area contributed by atoms with Crippen LogP contribution in [0.3, 0.4) is 0 Å². The molecule has 1 aliphatic rings. The van der Waals surface area contributed by atoms with E-state index in [0.717, 1.165) is 24.1 Å². The first kappa shape index (κ1) is 23.5. The minimum Gasteiger partial charge on any atom is -0.378 e. The van der Waals surface area contributed by atoms with Crippen molar-refractivity contribution < 1.29 is 13.2 Å². The van der Waals surface area contributed by atoms with Crippen LogP contribution in [-0.4, -0.2) is 45.8 Å². The Morgan fingerprint density at radius 3 is 2.52 bits per heavy atom. The molecule has 4 rings (SSSR count). The Morgan fingerprint density at radius 1 is 1.06 bits per heavy atom. The molecular weight excluding hydrogens is 454 g/mol. The maximum absolute atomic E-state index is 13.3. The van der Waals surface area contributed by atoms with Crippen molar-refractivity contribution in [3.8, 4) is 0 Å². The van der Waals surface area contributed by atoms with Crippen molar-refractivity contribution in [1.82, 2.24) is 9.62 Å². The van der Waals surface area contributed by atoms with E-state index in [1.165, 1.54) is 26.8 Å². The van der Waals surface area contributed by atoms with Crippen molar-refractivity contribution in [3.05, 3.63) is 81.5 Å². The lowest BCUT2D eigenvalue weighted by atomic mass is 10.0. The van der Waals surface area contributed by atoms with Crippen LogP contribution in [0.15, 0.2) is 64.9 Å². The molecule has 0 saturated carbocycles. The molecule has 1 aliphatic heterocycles. The molecule has 0 unspecified atom stereocenters. The van der Waals surface area contributed by atoms with Crippen LogP contribution in [0.2, 0.25) is 0 Å². The van der Waals surface area contributed by atoms with E-state index in [1.807, 2.05) is 38.4 Å². The van der Waals surface area contributed by atoms with Gasteiger partial charge in [-0.15, -0.1) is 11.3 Å². The molecule has 0 aliphatic carbocycles. The Labute approximate surface area is 199 Å². The number of hydrogen-bond donors (Lipinski definition) is 1. The number of sulfonamides is 1. The highest BCUT2D eigenvalue weighted by atomic mass is 32.2. The maximum Gasteiger partial charge on any atom is 0.262 e. The summed E-state index contributed by atoms with van der Waals surface area (Å²) in [5.41, 5.74) is 4.56. The zero-order valence-corrected chi connectivity index (χ0v) is 20.6. The highest BCUT2D eigenvalue weighted by Crippen LogP contribution is 2.29. The molecule has 1 aromatic heterocycles. The number of hydrogen-bond acceptors (Lipinski definition) is 5. The molecule has 0 spiro atoms. The van der Waals surface area contributed by atoms with E-state index >= 15 is 0 Å².